The second kappa shape index (κ2) is 14.7. The van der Waals surface area contributed by atoms with Gasteiger partial charge in [-0.15, -0.1) is 0 Å². The second-order valence-corrected chi connectivity index (χ2v) is 15.6. The van der Waals surface area contributed by atoms with Crippen molar-refractivity contribution in [2.75, 3.05) is 0 Å². The molecule has 12 aromatic rings. The van der Waals surface area contributed by atoms with E-state index < -0.39 is 0 Å². The summed E-state index contributed by atoms with van der Waals surface area (Å²) in [5.41, 5.74) is 15.9. The molecule has 62 heavy (non-hydrogen) atoms. The summed E-state index contributed by atoms with van der Waals surface area (Å²) in [7, 11) is 0. The Kier molecular flexibility index (Phi) is 8.42. The molecule has 5 nitrogen and oxygen atoms in total. The topological polar surface area (TPSA) is 56.2 Å². The van der Waals surface area contributed by atoms with Crippen LogP contribution in [0.2, 0.25) is 0 Å². The van der Waals surface area contributed by atoms with Gasteiger partial charge in [0.1, 0.15) is 16.9 Å². The van der Waals surface area contributed by atoms with E-state index in [0.717, 1.165) is 111 Å². The zero-order chi connectivity index (χ0) is 41.0. The van der Waals surface area contributed by atoms with Crippen LogP contribution in [0, 0.1) is 0 Å². The highest BCUT2D eigenvalue weighted by molar-refractivity contribution is 6.09. The fourth-order valence-corrected chi connectivity index (χ4v) is 8.83. The number of benzene rings is 8. The SMILES string of the molecule is c1ccc(-c2nc(-c3cccc(-c4ccc5oc6ccccc6c5c4)c3)cc(-c3cccc(-c4c(-c5ccccc5)nn5c(-c6ccccc6)cc6ccccc6c45)c3)n2)cc1. The molecule has 0 aliphatic rings. The average Bonchev–Trinajstić information content (AvgIpc) is 3.94. The van der Waals surface area contributed by atoms with Crippen molar-refractivity contribution in [3.63, 3.8) is 0 Å². The predicted octanol–water partition coefficient (Wildman–Crippen LogP) is 14.8. The van der Waals surface area contributed by atoms with Crippen LogP contribution in [0.5, 0.6) is 0 Å². The minimum absolute atomic E-state index is 0.666. The average molecular weight is 793 g/mol. The van der Waals surface area contributed by atoms with Gasteiger partial charge < -0.3 is 4.42 Å². The Morgan fingerprint density at radius 1 is 0.355 bits per heavy atom. The van der Waals surface area contributed by atoms with Crippen LogP contribution in [0.1, 0.15) is 0 Å². The fraction of sp³-hybridized carbons (Fsp3) is 0. The lowest BCUT2D eigenvalue weighted by molar-refractivity contribution is 0.669. The molecule has 0 atom stereocenters. The van der Waals surface area contributed by atoms with Gasteiger partial charge in [-0.2, -0.15) is 5.10 Å². The number of fused-ring (bicyclic) bond motifs is 6. The van der Waals surface area contributed by atoms with Crippen molar-refractivity contribution < 1.29 is 4.42 Å². The molecule has 0 aliphatic heterocycles. The summed E-state index contributed by atoms with van der Waals surface area (Å²) in [6, 6.07) is 76.2. The molecule has 0 unspecified atom stereocenters. The summed E-state index contributed by atoms with van der Waals surface area (Å²) >= 11 is 0. The number of para-hydroxylation sites is 1. The number of furan rings is 1. The molecule has 290 valence electrons. The van der Waals surface area contributed by atoms with E-state index in [-0.39, 0.29) is 0 Å². The molecule has 4 heterocycles. The summed E-state index contributed by atoms with van der Waals surface area (Å²) in [6.45, 7) is 0. The molecule has 0 N–H and O–H groups in total. The van der Waals surface area contributed by atoms with E-state index in [1.165, 1.54) is 0 Å². The molecule has 0 amide bonds. The third-order valence-corrected chi connectivity index (χ3v) is 11.8. The predicted molar refractivity (Wildman–Crippen MR) is 254 cm³/mol. The Morgan fingerprint density at radius 3 is 1.65 bits per heavy atom. The Morgan fingerprint density at radius 2 is 0.903 bits per heavy atom. The number of hydrogen-bond donors (Lipinski definition) is 0. The molecule has 8 aromatic carbocycles. The summed E-state index contributed by atoms with van der Waals surface area (Å²) in [4.78, 5) is 10.5. The maximum atomic E-state index is 6.15. The minimum Gasteiger partial charge on any atom is -0.456 e. The van der Waals surface area contributed by atoms with Crippen LogP contribution in [-0.4, -0.2) is 19.6 Å². The molecule has 12 rings (SSSR count). The highest BCUT2D eigenvalue weighted by atomic mass is 16.3. The lowest BCUT2D eigenvalue weighted by atomic mass is 9.95. The summed E-state index contributed by atoms with van der Waals surface area (Å²) in [5.74, 6) is 0.666. The van der Waals surface area contributed by atoms with E-state index in [0.29, 0.717) is 5.82 Å². The quantitative estimate of drug-likeness (QED) is 0.161. The highest BCUT2D eigenvalue weighted by Gasteiger charge is 2.22. The van der Waals surface area contributed by atoms with Gasteiger partial charge in [0, 0.05) is 49.5 Å². The van der Waals surface area contributed by atoms with Crippen molar-refractivity contribution in [3.05, 3.63) is 218 Å². The van der Waals surface area contributed by atoms with E-state index in [9.17, 15) is 0 Å². The monoisotopic (exact) mass is 792 g/mol. The van der Waals surface area contributed by atoms with Crippen molar-refractivity contribution >= 4 is 38.2 Å². The van der Waals surface area contributed by atoms with Gasteiger partial charge in [0.15, 0.2) is 5.82 Å². The van der Waals surface area contributed by atoms with Gasteiger partial charge in [-0.05, 0) is 64.5 Å². The lowest BCUT2D eigenvalue weighted by Crippen LogP contribution is -1.96. The summed E-state index contributed by atoms with van der Waals surface area (Å²) in [6.07, 6.45) is 0. The smallest absolute Gasteiger partial charge is 0.160 e. The Labute approximate surface area is 357 Å². The van der Waals surface area contributed by atoms with Crippen molar-refractivity contribution in [2.45, 2.75) is 0 Å². The van der Waals surface area contributed by atoms with E-state index >= 15 is 0 Å². The van der Waals surface area contributed by atoms with Crippen molar-refractivity contribution in [1.82, 2.24) is 19.6 Å². The molecular formula is C57H36N4O. The van der Waals surface area contributed by atoms with Crippen molar-refractivity contribution in [2.24, 2.45) is 0 Å². The molecule has 0 saturated carbocycles. The van der Waals surface area contributed by atoms with Gasteiger partial charge in [0.2, 0.25) is 0 Å². The Hall–Kier alpha value is -8.41. The van der Waals surface area contributed by atoms with Crippen LogP contribution in [0.25, 0.3) is 117 Å². The molecule has 0 spiro atoms. The van der Waals surface area contributed by atoms with Gasteiger partial charge in [-0.1, -0.05) is 176 Å². The molecular weight excluding hydrogens is 757 g/mol. The van der Waals surface area contributed by atoms with Crippen LogP contribution in [-0.2, 0) is 0 Å². The number of rotatable bonds is 7. The Balaban J connectivity index is 1.04. The van der Waals surface area contributed by atoms with Gasteiger partial charge in [0.05, 0.1) is 22.6 Å². The van der Waals surface area contributed by atoms with Crippen LogP contribution >= 0.6 is 0 Å². The molecule has 4 aromatic heterocycles. The maximum absolute atomic E-state index is 6.15. The first kappa shape index (κ1) is 35.5. The summed E-state index contributed by atoms with van der Waals surface area (Å²) in [5, 5.41) is 9.95. The zero-order valence-corrected chi connectivity index (χ0v) is 33.5. The number of aromatic nitrogens is 4. The van der Waals surface area contributed by atoms with E-state index in [4.69, 9.17) is 19.5 Å². The van der Waals surface area contributed by atoms with Crippen molar-refractivity contribution in [1.29, 1.82) is 0 Å². The first-order chi connectivity index (χ1) is 30.7. The highest BCUT2D eigenvalue weighted by Crippen LogP contribution is 2.42. The van der Waals surface area contributed by atoms with Gasteiger partial charge in [-0.3, -0.25) is 0 Å². The number of nitrogens with zero attached hydrogens (tertiary/aromatic N) is 4. The molecule has 5 heteroatoms. The van der Waals surface area contributed by atoms with E-state index in [1.807, 2.05) is 30.3 Å². The van der Waals surface area contributed by atoms with E-state index in [2.05, 4.69) is 193 Å². The molecule has 0 fully saturated rings. The molecule has 0 radical (unpaired) electrons. The normalized spacial score (nSPS) is 11.5. The standard InChI is InChI=1S/C57H36N4O/c1-4-16-37(17-5-1)51-35-42-22-10-11-27-46(42)56-54(55(60-61(51)56)38-18-6-2-7-19-38)45-26-15-25-44(33-45)50-36-49(58-57(59-50)39-20-8-3-9-21-39)43-24-14-23-40(32-43)41-30-31-53-48(34-41)47-28-12-13-29-52(47)62-53/h1-36H. The van der Waals surface area contributed by atoms with Crippen LogP contribution in [0.3, 0.4) is 0 Å². The van der Waals surface area contributed by atoms with Gasteiger partial charge in [0.25, 0.3) is 0 Å². The number of hydrogen-bond acceptors (Lipinski definition) is 4. The van der Waals surface area contributed by atoms with E-state index in [1.54, 1.807) is 0 Å². The van der Waals surface area contributed by atoms with Gasteiger partial charge >= 0.3 is 0 Å². The third-order valence-electron chi connectivity index (χ3n) is 11.8. The Bertz CT molecular complexity index is 3630. The molecule has 0 saturated heterocycles. The first-order valence-corrected chi connectivity index (χ1v) is 20.8. The zero-order valence-electron chi connectivity index (χ0n) is 33.5. The van der Waals surface area contributed by atoms with Crippen LogP contribution in [0.4, 0.5) is 0 Å². The molecule has 0 aliphatic carbocycles. The van der Waals surface area contributed by atoms with Crippen LogP contribution < -0.4 is 0 Å². The lowest BCUT2D eigenvalue weighted by Gasteiger charge is -2.13. The largest absolute Gasteiger partial charge is 0.456 e. The van der Waals surface area contributed by atoms with Crippen LogP contribution in [0.15, 0.2) is 223 Å². The van der Waals surface area contributed by atoms with Crippen molar-refractivity contribution in [3.8, 4) is 78.7 Å². The third kappa shape index (κ3) is 6.14. The minimum atomic E-state index is 0.666. The summed E-state index contributed by atoms with van der Waals surface area (Å²) < 4.78 is 8.29. The van der Waals surface area contributed by atoms with Gasteiger partial charge in [-0.25, -0.2) is 14.5 Å². The fourth-order valence-electron chi connectivity index (χ4n) is 8.83. The molecule has 0 bridgehead atoms. The second-order valence-electron chi connectivity index (χ2n) is 15.6. The number of pyridine rings is 1. The maximum Gasteiger partial charge on any atom is 0.160 e. The first-order valence-electron chi connectivity index (χ1n) is 20.8.